The standard InChI is InChI=1S/C43H86N2/c1-4-7-10-13-15-17-19-21-22-23-24-26-28-30-32-34-37-40-45-42-41-44(43(45)38-35-12-9-6-3)39-36-33-31-29-27-25-20-18-16-14-11-8-5-2/h41-43H,4-40H2,1-3H3. The first-order chi connectivity index (χ1) is 22.3. The van der Waals surface area contributed by atoms with Crippen molar-refractivity contribution in [3.63, 3.8) is 0 Å². The van der Waals surface area contributed by atoms with E-state index in [1.165, 1.54) is 238 Å². The van der Waals surface area contributed by atoms with Crippen molar-refractivity contribution in [2.45, 2.75) is 252 Å². The highest BCUT2D eigenvalue weighted by molar-refractivity contribution is 4.97. The second kappa shape index (κ2) is 34.7. The minimum atomic E-state index is 0.639. The molecule has 1 unspecified atom stereocenters. The van der Waals surface area contributed by atoms with Gasteiger partial charge < -0.3 is 9.80 Å². The first-order valence-electron chi connectivity index (χ1n) is 21.5. The van der Waals surface area contributed by atoms with Crippen LogP contribution < -0.4 is 0 Å². The SMILES string of the molecule is CCCCCCCCCCCCCCCCCCCN1C=CN(CCCCCCCCCCCCCCC)C1CCCCCC. The molecule has 0 aromatic rings. The summed E-state index contributed by atoms with van der Waals surface area (Å²) in [5.74, 6) is 0. The lowest BCUT2D eigenvalue weighted by atomic mass is 10.0. The second-order valence-electron chi connectivity index (χ2n) is 15.0. The minimum absolute atomic E-state index is 0.639. The van der Waals surface area contributed by atoms with Gasteiger partial charge in [-0.3, -0.25) is 0 Å². The largest absolute Gasteiger partial charge is 0.356 e. The van der Waals surface area contributed by atoms with E-state index in [9.17, 15) is 0 Å². The topological polar surface area (TPSA) is 6.48 Å². The Hall–Kier alpha value is -0.660. The third-order valence-electron chi connectivity index (χ3n) is 10.6. The molecular formula is C43H86N2. The van der Waals surface area contributed by atoms with Gasteiger partial charge >= 0.3 is 0 Å². The molecule has 0 aromatic heterocycles. The molecule has 0 fully saturated rings. The Labute approximate surface area is 286 Å². The third kappa shape index (κ3) is 27.0. The van der Waals surface area contributed by atoms with Crippen LogP contribution in [0.2, 0.25) is 0 Å². The van der Waals surface area contributed by atoms with E-state index in [-0.39, 0.29) is 0 Å². The zero-order valence-electron chi connectivity index (χ0n) is 31.8. The lowest BCUT2D eigenvalue weighted by molar-refractivity contribution is 0.135. The molecule has 1 aliphatic rings. The Morgan fingerprint density at radius 2 is 0.511 bits per heavy atom. The van der Waals surface area contributed by atoms with Crippen LogP contribution in [0, 0.1) is 0 Å². The molecule has 0 aliphatic carbocycles. The van der Waals surface area contributed by atoms with Gasteiger partial charge in [-0.15, -0.1) is 0 Å². The summed E-state index contributed by atoms with van der Waals surface area (Å²) in [6.07, 6.45) is 55.9. The van der Waals surface area contributed by atoms with Crippen molar-refractivity contribution >= 4 is 0 Å². The zero-order chi connectivity index (χ0) is 32.3. The second-order valence-corrected chi connectivity index (χ2v) is 15.0. The molecular weight excluding hydrogens is 544 g/mol. The van der Waals surface area contributed by atoms with E-state index in [1.54, 1.807) is 0 Å². The van der Waals surface area contributed by atoms with Crippen LogP contribution in [0.4, 0.5) is 0 Å². The molecule has 1 heterocycles. The summed E-state index contributed by atoms with van der Waals surface area (Å²) in [6, 6.07) is 0. The van der Waals surface area contributed by atoms with Crippen molar-refractivity contribution in [2.24, 2.45) is 0 Å². The molecule has 0 amide bonds. The van der Waals surface area contributed by atoms with Crippen molar-refractivity contribution in [2.75, 3.05) is 13.1 Å². The fourth-order valence-corrected chi connectivity index (χ4v) is 7.42. The van der Waals surface area contributed by atoms with Crippen LogP contribution >= 0.6 is 0 Å². The maximum absolute atomic E-state index is 2.71. The molecule has 0 radical (unpaired) electrons. The fraction of sp³-hybridized carbons (Fsp3) is 0.953. The van der Waals surface area contributed by atoms with Gasteiger partial charge in [-0.2, -0.15) is 0 Å². The molecule has 2 nitrogen and oxygen atoms in total. The van der Waals surface area contributed by atoms with E-state index in [0.717, 1.165) is 0 Å². The van der Waals surface area contributed by atoms with Crippen LogP contribution in [0.3, 0.4) is 0 Å². The van der Waals surface area contributed by atoms with Crippen molar-refractivity contribution in [1.29, 1.82) is 0 Å². The predicted octanol–water partition coefficient (Wildman–Crippen LogP) is 15.1. The average molecular weight is 631 g/mol. The molecule has 0 bridgehead atoms. The Morgan fingerprint density at radius 1 is 0.289 bits per heavy atom. The predicted molar refractivity (Wildman–Crippen MR) is 205 cm³/mol. The van der Waals surface area contributed by atoms with Gasteiger partial charge in [0.25, 0.3) is 0 Å². The summed E-state index contributed by atoms with van der Waals surface area (Å²) in [6.45, 7) is 9.49. The third-order valence-corrected chi connectivity index (χ3v) is 10.6. The van der Waals surface area contributed by atoms with E-state index >= 15 is 0 Å². The van der Waals surface area contributed by atoms with Gasteiger partial charge in [0.15, 0.2) is 0 Å². The molecule has 0 N–H and O–H groups in total. The maximum Gasteiger partial charge on any atom is 0.101 e. The summed E-state index contributed by atoms with van der Waals surface area (Å²) in [7, 11) is 0. The van der Waals surface area contributed by atoms with Gasteiger partial charge in [0, 0.05) is 25.5 Å². The van der Waals surface area contributed by atoms with Gasteiger partial charge in [-0.05, 0) is 25.7 Å². The Balaban J connectivity index is 2.04. The molecule has 0 aromatic carbocycles. The Kier molecular flexibility index (Phi) is 32.6. The van der Waals surface area contributed by atoms with Gasteiger partial charge in [0.05, 0.1) is 0 Å². The van der Waals surface area contributed by atoms with Crippen molar-refractivity contribution < 1.29 is 0 Å². The summed E-state index contributed by atoms with van der Waals surface area (Å²) in [5, 5.41) is 0. The van der Waals surface area contributed by atoms with Crippen LogP contribution in [-0.2, 0) is 0 Å². The smallest absolute Gasteiger partial charge is 0.101 e. The van der Waals surface area contributed by atoms with E-state index in [1.807, 2.05) is 0 Å². The lowest BCUT2D eigenvalue weighted by Crippen LogP contribution is -2.39. The Morgan fingerprint density at radius 3 is 0.778 bits per heavy atom. The van der Waals surface area contributed by atoms with Crippen LogP contribution in [-0.4, -0.2) is 29.1 Å². The number of hydrogen-bond acceptors (Lipinski definition) is 2. The molecule has 1 rings (SSSR count). The van der Waals surface area contributed by atoms with Crippen molar-refractivity contribution in [3.8, 4) is 0 Å². The van der Waals surface area contributed by atoms with E-state index in [4.69, 9.17) is 0 Å². The van der Waals surface area contributed by atoms with Crippen LogP contribution in [0.15, 0.2) is 12.4 Å². The average Bonchev–Trinajstić information content (AvgIpc) is 3.44. The van der Waals surface area contributed by atoms with Crippen LogP contribution in [0.25, 0.3) is 0 Å². The summed E-state index contributed by atoms with van der Waals surface area (Å²) < 4.78 is 0. The summed E-state index contributed by atoms with van der Waals surface area (Å²) in [4.78, 5) is 5.41. The summed E-state index contributed by atoms with van der Waals surface area (Å²) >= 11 is 0. The maximum atomic E-state index is 2.71. The minimum Gasteiger partial charge on any atom is -0.356 e. The number of unbranched alkanes of at least 4 members (excludes halogenated alkanes) is 31. The highest BCUT2D eigenvalue weighted by Crippen LogP contribution is 2.24. The first kappa shape index (κ1) is 42.4. The molecule has 45 heavy (non-hydrogen) atoms. The molecule has 2 heteroatoms. The number of rotatable bonds is 37. The highest BCUT2D eigenvalue weighted by atomic mass is 15.4. The molecule has 0 spiro atoms. The fourth-order valence-electron chi connectivity index (χ4n) is 7.42. The molecule has 1 aliphatic heterocycles. The molecule has 268 valence electrons. The van der Waals surface area contributed by atoms with E-state index in [0.29, 0.717) is 6.17 Å². The number of hydrogen-bond donors (Lipinski definition) is 0. The zero-order valence-corrected chi connectivity index (χ0v) is 31.8. The van der Waals surface area contributed by atoms with Gasteiger partial charge in [0.1, 0.15) is 6.17 Å². The molecule has 1 atom stereocenters. The van der Waals surface area contributed by atoms with E-state index < -0.39 is 0 Å². The molecule has 0 saturated heterocycles. The van der Waals surface area contributed by atoms with Crippen molar-refractivity contribution in [3.05, 3.63) is 12.4 Å². The van der Waals surface area contributed by atoms with Gasteiger partial charge in [-0.1, -0.05) is 220 Å². The van der Waals surface area contributed by atoms with Crippen molar-refractivity contribution in [1.82, 2.24) is 9.80 Å². The Bertz CT molecular complexity index is 586. The van der Waals surface area contributed by atoms with Crippen LogP contribution in [0.5, 0.6) is 0 Å². The van der Waals surface area contributed by atoms with E-state index in [2.05, 4.69) is 43.0 Å². The van der Waals surface area contributed by atoms with Gasteiger partial charge in [0.2, 0.25) is 0 Å². The molecule has 0 saturated carbocycles. The first-order valence-corrected chi connectivity index (χ1v) is 21.5. The summed E-state index contributed by atoms with van der Waals surface area (Å²) in [5.41, 5.74) is 0. The normalized spacial score (nSPS) is 14.8. The highest BCUT2D eigenvalue weighted by Gasteiger charge is 2.24. The van der Waals surface area contributed by atoms with Crippen LogP contribution in [0.1, 0.15) is 245 Å². The quantitative estimate of drug-likeness (QED) is 0.0630. The lowest BCUT2D eigenvalue weighted by Gasteiger charge is -2.33. The van der Waals surface area contributed by atoms with Gasteiger partial charge in [-0.25, -0.2) is 0 Å². The monoisotopic (exact) mass is 631 g/mol. The number of nitrogens with zero attached hydrogens (tertiary/aromatic N) is 2.